The first kappa shape index (κ1) is 22.4. The predicted octanol–water partition coefficient (Wildman–Crippen LogP) is 5.44. The van der Waals surface area contributed by atoms with Crippen LogP contribution in [0.15, 0.2) is 72.5 Å². The van der Waals surface area contributed by atoms with Crippen molar-refractivity contribution < 1.29 is 18.7 Å². The van der Waals surface area contributed by atoms with Crippen LogP contribution in [-0.4, -0.2) is 22.9 Å². The lowest BCUT2D eigenvalue weighted by Crippen LogP contribution is -2.08. The molecule has 0 atom stereocenters. The van der Waals surface area contributed by atoms with Gasteiger partial charge in [-0.05, 0) is 42.0 Å². The van der Waals surface area contributed by atoms with Crippen LogP contribution in [-0.2, 0) is 24.2 Å². The van der Waals surface area contributed by atoms with E-state index in [9.17, 15) is 9.18 Å². The first-order chi connectivity index (χ1) is 16.1. The van der Waals surface area contributed by atoms with Gasteiger partial charge in [0, 0.05) is 48.2 Å². The molecule has 0 saturated carbocycles. The van der Waals surface area contributed by atoms with Crippen molar-refractivity contribution in [3.63, 3.8) is 0 Å². The number of methoxy groups -OCH3 is 1. The average Bonchev–Trinajstić information content (AvgIpc) is 3.33. The lowest BCUT2D eigenvalue weighted by Gasteiger charge is -2.16. The smallest absolute Gasteiger partial charge is 0.204 e. The topological polar surface area (TPSA) is 73.3 Å². The zero-order chi connectivity index (χ0) is 23.0. The van der Waals surface area contributed by atoms with Crippen molar-refractivity contribution in [3.8, 4) is 17.2 Å². The van der Waals surface area contributed by atoms with Crippen LogP contribution in [0.4, 0.5) is 10.1 Å². The van der Waals surface area contributed by atoms with Crippen LogP contribution in [0, 0.1) is 5.82 Å². The number of carbonyl (C=O) groups excluding carboxylic acids is 1. The second-order valence-electron chi connectivity index (χ2n) is 7.23. The van der Waals surface area contributed by atoms with E-state index < -0.39 is 5.82 Å². The molecule has 8 heteroatoms. The molecule has 1 N–H and O–H groups in total. The third-order valence-electron chi connectivity index (χ3n) is 4.86. The molecule has 0 bridgehead atoms. The molecule has 0 spiro atoms. The molecular weight excluding hydrogens is 441 g/mol. The summed E-state index contributed by atoms with van der Waals surface area (Å²) in [5.41, 5.74) is 2.47. The van der Waals surface area contributed by atoms with Gasteiger partial charge in [0.05, 0.1) is 18.5 Å². The first-order valence-electron chi connectivity index (χ1n) is 10.3. The molecule has 0 fully saturated rings. The van der Waals surface area contributed by atoms with Crippen LogP contribution in [0.2, 0.25) is 0 Å². The number of ether oxygens (including phenoxy) is 2. The number of hydrogen-bond donors (Lipinski definition) is 1. The Morgan fingerprint density at radius 3 is 2.76 bits per heavy atom. The monoisotopic (exact) mass is 463 g/mol. The quantitative estimate of drug-likeness (QED) is 0.337. The number of nitrogens with one attached hydrogen (secondary N) is 1. The Bertz CT molecular complexity index is 1220. The Balaban J connectivity index is 1.59. The highest BCUT2D eigenvalue weighted by molar-refractivity contribution is 7.09. The average molecular weight is 464 g/mol. The number of aromatic nitrogens is 2. The maximum atomic E-state index is 14.5. The largest absolute Gasteiger partial charge is 0.493 e. The van der Waals surface area contributed by atoms with E-state index in [1.807, 2.05) is 29.6 Å². The fraction of sp³-hybridized carbons (Fsp3) is 0.160. The maximum Gasteiger partial charge on any atom is 0.204 e. The summed E-state index contributed by atoms with van der Waals surface area (Å²) >= 11 is 1.44. The molecule has 2 aromatic carbocycles. The molecule has 2 heterocycles. The molecule has 0 aliphatic rings. The van der Waals surface area contributed by atoms with Crippen LogP contribution in [0.25, 0.3) is 0 Å². The Kier molecular flexibility index (Phi) is 7.26. The molecule has 0 amide bonds. The second kappa shape index (κ2) is 10.7. The fourth-order valence-corrected chi connectivity index (χ4v) is 3.92. The number of ketones is 1. The molecule has 168 valence electrons. The van der Waals surface area contributed by atoms with Crippen LogP contribution in [0.1, 0.15) is 16.1 Å². The highest BCUT2D eigenvalue weighted by atomic mass is 32.1. The van der Waals surface area contributed by atoms with Crippen molar-refractivity contribution >= 4 is 22.8 Å². The summed E-state index contributed by atoms with van der Waals surface area (Å²) in [6.07, 6.45) is 5.53. The molecule has 0 aliphatic carbocycles. The normalized spacial score (nSPS) is 10.6. The van der Waals surface area contributed by atoms with E-state index in [-0.39, 0.29) is 30.1 Å². The van der Waals surface area contributed by atoms with Gasteiger partial charge in [-0.3, -0.25) is 9.78 Å². The number of pyridine rings is 1. The number of anilines is 1. The Hall–Kier alpha value is -3.78. The van der Waals surface area contributed by atoms with Crippen molar-refractivity contribution in [3.05, 3.63) is 94.5 Å². The fourth-order valence-electron chi connectivity index (χ4n) is 3.28. The Labute approximate surface area is 195 Å². The van der Waals surface area contributed by atoms with Crippen LogP contribution in [0.3, 0.4) is 0 Å². The highest BCUT2D eigenvalue weighted by Gasteiger charge is 2.17. The summed E-state index contributed by atoms with van der Waals surface area (Å²) in [5, 5.41) is 5.92. The van der Waals surface area contributed by atoms with Gasteiger partial charge in [-0.25, -0.2) is 9.37 Å². The molecule has 4 rings (SSSR count). The number of Topliss-reactive ketones (excluding diaryl/α,β-unsaturated/α-hetero) is 1. The number of hydrogen-bond acceptors (Lipinski definition) is 7. The lowest BCUT2D eigenvalue weighted by atomic mass is 10.0. The third-order valence-corrected chi connectivity index (χ3v) is 5.64. The molecule has 2 aromatic heterocycles. The van der Waals surface area contributed by atoms with E-state index in [1.54, 1.807) is 36.8 Å². The van der Waals surface area contributed by atoms with Gasteiger partial charge in [0.15, 0.2) is 11.6 Å². The minimum Gasteiger partial charge on any atom is -0.493 e. The van der Waals surface area contributed by atoms with E-state index in [2.05, 4.69) is 15.3 Å². The number of nitrogens with zero attached hydrogens (tertiary/aromatic N) is 2. The Morgan fingerprint density at radius 2 is 2.00 bits per heavy atom. The molecular formula is C25H22FN3O3S. The summed E-state index contributed by atoms with van der Waals surface area (Å²) in [6.45, 7) is 0.571. The van der Waals surface area contributed by atoms with Gasteiger partial charge in [-0.2, -0.15) is 0 Å². The van der Waals surface area contributed by atoms with Crippen LogP contribution in [0.5, 0.6) is 17.2 Å². The van der Waals surface area contributed by atoms with Crippen LogP contribution >= 0.6 is 11.3 Å². The van der Waals surface area contributed by atoms with Gasteiger partial charge in [0.25, 0.3) is 0 Å². The number of halogens is 1. The van der Waals surface area contributed by atoms with Gasteiger partial charge in [-0.1, -0.05) is 12.1 Å². The molecule has 6 nitrogen and oxygen atoms in total. The third kappa shape index (κ3) is 5.93. The van der Waals surface area contributed by atoms with E-state index in [0.717, 1.165) is 16.3 Å². The van der Waals surface area contributed by atoms with Crippen molar-refractivity contribution in [1.29, 1.82) is 0 Å². The van der Waals surface area contributed by atoms with Crippen LogP contribution < -0.4 is 14.8 Å². The molecule has 4 aromatic rings. The maximum absolute atomic E-state index is 14.5. The van der Waals surface area contributed by atoms with Crippen molar-refractivity contribution in [1.82, 2.24) is 9.97 Å². The van der Waals surface area contributed by atoms with Crippen molar-refractivity contribution in [2.75, 3.05) is 12.4 Å². The number of benzene rings is 2. The van der Waals surface area contributed by atoms with Gasteiger partial charge < -0.3 is 14.8 Å². The van der Waals surface area contributed by atoms with E-state index >= 15 is 0 Å². The molecule has 0 unspecified atom stereocenters. The molecule has 33 heavy (non-hydrogen) atoms. The molecule has 0 radical (unpaired) electrons. The predicted molar refractivity (Wildman–Crippen MR) is 126 cm³/mol. The lowest BCUT2D eigenvalue weighted by molar-refractivity contribution is -0.117. The van der Waals surface area contributed by atoms with Crippen molar-refractivity contribution in [2.45, 2.75) is 19.4 Å². The summed E-state index contributed by atoms with van der Waals surface area (Å²) in [5.74, 6) is 0.0734. The van der Waals surface area contributed by atoms with Gasteiger partial charge in [0.2, 0.25) is 5.75 Å². The van der Waals surface area contributed by atoms with Gasteiger partial charge >= 0.3 is 0 Å². The molecule has 0 saturated heterocycles. The Morgan fingerprint density at radius 1 is 1.09 bits per heavy atom. The standard InChI is InChI=1S/C25H22FN3O3S/c1-31-23-6-2-5-21(26)25(23)32-22-8-7-19(29-16-17-4-3-9-27-15-17)12-18(22)13-20(30)14-24-28-10-11-33-24/h2-12,15,29H,13-14,16H2,1H3. The summed E-state index contributed by atoms with van der Waals surface area (Å²) in [7, 11) is 1.45. The number of rotatable bonds is 10. The first-order valence-corrected chi connectivity index (χ1v) is 11.2. The van der Waals surface area contributed by atoms with E-state index in [0.29, 0.717) is 17.9 Å². The van der Waals surface area contributed by atoms with Gasteiger partial charge in [-0.15, -0.1) is 11.3 Å². The minimum absolute atomic E-state index is 0.0142. The summed E-state index contributed by atoms with van der Waals surface area (Å²) < 4.78 is 25.6. The van der Waals surface area contributed by atoms with Crippen molar-refractivity contribution in [2.24, 2.45) is 0 Å². The highest BCUT2D eigenvalue weighted by Crippen LogP contribution is 2.36. The van der Waals surface area contributed by atoms with E-state index in [1.165, 1.54) is 24.5 Å². The van der Waals surface area contributed by atoms with E-state index in [4.69, 9.17) is 9.47 Å². The zero-order valence-electron chi connectivity index (χ0n) is 18.0. The summed E-state index contributed by atoms with van der Waals surface area (Å²) in [6, 6.07) is 13.7. The van der Waals surface area contributed by atoms with Gasteiger partial charge in [0.1, 0.15) is 11.5 Å². The second-order valence-corrected chi connectivity index (χ2v) is 8.21. The summed E-state index contributed by atoms with van der Waals surface area (Å²) in [4.78, 5) is 21.1. The number of para-hydroxylation sites is 1. The number of carbonyl (C=O) groups is 1. The molecule has 0 aliphatic heterocycles. The zero-order valence-corrected chi connectivity index (χ0v) is 18.8. The number of thiazole rings is 1. The SMILES string of the molecule is COc1cccc(F)c1Oc1ccc(NCc2cccnc2)cc1CC(=O)Cc1nccs1. The minimum atomic E-state index is -0.548.